The number of amides is 2. The van der Waals surface area contributed by atoms with E-state index < -0.39 is 0 Å². The van der Waals surface area contributed by atoms with Crippen LogP contribution in [0.4, 0.5) is 0 Å². The summed E-state index contributed by atoms with van der Waals surface area (Å²) in [5.41, 5.74) is 0.905. The lowest BCUT2D eigenvalue weighted by Crippen LogP contribution is -2.39. The number of carbonyl (C=O) groups is 2. The van der Waals surface area contributed by atoms with E-state index in [1.165, 1.54) is 24.2 Å². The molecule has 0 radical (unpaired) electrons. The highest BCUT2D eigenvalue weighted by Crippen LogP contribution is 2.22. The molecule has 1 heterocycles. The summed E-state index contributed by atoms with van der Waals surface area (Å²) in [5, 5.41) is 2.81. The van der Waals surface area contributed by atoms with Gasteiger partial charge in [0.2, 0.25) is 17.7 Å². The van der Waals surface area contributed by atoms with E-state index in [9.17, 15) is 9.59 Å². The van der Waals surface area contributed by atoms with Crippen molar-refractivity contribution in [2.45, 2.75) is 58.6 Å². The molecular formula is C19H29N3O3. The average molecular weight is 347 g/mol. The molecule has 0 atom stereocenters. The van der Waals surface area contributed by atoms with Gasteiger partial charge in [-0.15, -0.1) is 0 Å². The normalized spacial score (nSPS) is 15.0. The van der Waals surface area contributed by atoms with E-state index in [-0.39, 0.29) is 30.4 Å². The van der Waals surface area contributed by atoms with Crippen LogP contribution in [-0.4, -0.2) is 41.4 Å². The fourth-order valence-electron chi connectivity index (χ4n) is 2.93. The van der Waals surface area contributed by atoms with Gasteiger partial charge in [0.15, 0.2) is 0 Å². The zero-order valence-corrected chi connectivity index (χ0v) is 15.5. The van der Waals surface area contributed by atoms with Crippen molar-refractivity contribution in [2.75, 3.05) is 13.6 Å². The molecule has 0 aliphatic heterocycles. The molecule has 138 valence electrons. The Labute approximate surface area is 150 Å². The Balaban J connectivity index is 1.75. The lowest BCUT2D eigenvalue weighted by Gasteiger charge is -2.22. The fraction of sp³-hybridized carbons (Fsp3) is 0.632. The van der Waals surface area contributed by atoms with Crippen LogP contribution < -0.4 is 10.1 Å². The summed E-state index contributed by atoms with van der Waals surface area (Å²) in [5.74, 6) is 0.308. The molecule has 1 aromatic rings. The third kappa shape index (κ3) is 6.36. The van der Waals surface area contributed by atoms with Crippen LogP contribution >= 0.6 is 0 Å². The second-order valence-electron chi connectivity index (χ2n) is 7.01. The van der Waals surface area contributed by atoms with Crippen LogP contribution in [-0.2, 0) is 16.1 Å². The molecule has 6 nitrogen and oxygen atoms in total. The fourth-order valence-corrected chi connectivity index (χ4v) is 2.93. The van der Waals surface area contributed by atoms with E-state index >= 15 is 0 Å². The van der Waals surface area contributed by atoms with Crippen molar-refractivity contribution >= 4 is 11.8 Å². The first kappa shape index (κ1) is 19.2. The van der Waals surface area contributed by atoms with Gasteiger partial charge in [0.1, 0.15) is 6.10 Å². The number of rotatable bonds is 7. The quantitative estimate of drug-likeness (QED) is 0.823. The average Bonchev–Trinajstić information content (AvgIpc) is 2.61. The first-order chi connectivity index (χ1) is 12.0. The minimum absolute atomic E-state index is 0.0407. The van der Waals surface area contributed by atoms with Crippen molar-refractivity contribution in [1.82, 2.24) is 15.2 Å². The van der Waals surface area contributed by atoms with E-state index in [0.29, 0.717) is 12.4 Å². The largest absolute Gasteiger partial charge is 0.474 e. The highest BCUT2D eigenvalue weighted by atomic mass is 16.5. The second-order valence-corrected chi connectivity index (χ2v) is 7.01. The van der Waals surface area contributed by atoms with Crippen molar-refractivity contribution in [2.24, 2.45) is 5.92 Å². The monoisotopic (exact) mass is 347 g/mol. The van der Waals surface area contributed by atoms with Gasteiger partial charge in [-0.1, -0.05) is 26.3 Å². The summed E-state index contributed by atoms with van der Waals surface area (Å²) in [6.07, 6.45) is 7.95. The summed E-state index contributed by atoms with van der Waals surface area (Å²) in [7, 11) is 1.64. The van der Waals surface area contributed by atoms with Crippen LogP contribution in [0.5, 0.6) is 5.88 Å². The molecule has 0 aromatic carbocycles. The van der Waals surface area contributed by atoms with Gasteiger partial charge in [0, 0.05) is 31.8 Å². The summed E-state index contributed by atoms with van der Waals surface area (Å²) < 4.78 is 5.89. The molecule has 6 heteroatoms. The molecule has 1 saturated carbocycles. The molecule has 1 aliphatic carbocycles. The van der Waals surface area contributed by atoms with E-state index in [0.717, 1.165) is 18.4 Å². The maximum atomic E-state index is 11.9. The third-order valence-electron chi connectivity index (χ3n) is 4.38. The van der Waals surface area contributed by atoms with Gasteiger partial charge in [0.05, 0.1) is 6.54 Å². The smallest absolute Gasteiger partial charge is 0.239 e. The lowest BCUT2D eigenvalue weighted by molar-refractivity contribution is -0.137. The van der Waals surface area contributed by atoms with Gasteiger partial charge >= 0.3 is 0 Å². The molecule has 0 saturated heterocycles. The third-order valence-corrected chi connectivity index (χ3v) is 4.38. The van der Waals surface area contributed by atoms with Gasteiger partial charge in [-0.05, 0) is 31.2 Å². The number of carbonyl (C=O) groups excluding carboxylic acids is 2. The number of pyridine rings is 1. The molecular weight excluding hydrogens is 318 g/mol. The number of likely N-dealkylation sites (N-methyl/N-ethyl adjacent to an activating group) is 1. The Morgan fingerprint density at radius 2 is 2.00 bits per heavy atom. The highest BCUT2D eigenvalue weighted by molar-refractivity contribution is 5.85. The number of aromatic nitrogens is 1. The molecule has 2 amide bonds. The molecule has 1 aromatic heterocycles. The van der Waals surface area contributed by atoms with Gasteiger partial charge in [-0.25, -0.2) is 4.98 Å². The number of hydrogen-bond acceptors (Lipinski definition) is 4. The van der Waals surface area contributed by atoms with Crippen LogP contribution in [0.3, 0.4) is 0 Å². The van der Waals surface area contributed by atoms with Crippen molar-refractivity contribution in [3.8, 4) is 5.88 Å². The maximum absolute atomic E-state index is 11.9. The van der Waals surface area contributed by atoms with Crippen molar-refractivity contribution in [3.05, 3.63) is 23.9 Å². The van der Waals surface area contributed by atoms with Crippen molar-refractivity contribution in [1.29, 1.82) is 0 Å². The Hall–Kier alpha value is -2.11. The topological polar surface area (TPSA) is 71.5 Å². The van der Waals surface area contributed by atoms with E-state index in [2.05, 4.69) is 10.3 Å². The zero-order chi connectivity index (χ0) is 18.2. The van der Waals surface area contributed by atoms with Crippen LogP contribution in [0.25, 0.3) is 0 Å². The molecule has 1 fully saturated rings. The molecule has 1 aliphatic rings. The van der Waals surface area contributed by atoms with Crippen molar-refractivity contribution in [3.63, 3.8) is 0 Å². The summed E-state index contributed by atoms with van der Waals surface area (Å²) in [4.78, 5) is 29.5. The minimum Gasteiger partial charge on any atom is -0.474 e. The molecule has 2 rings (SSSR count). The second kappa shape index (κ2) is 9.39. The van der Waals surface area contributed by atoms with Gasteiger partial charge in [0.25, 0.3) is 0 Å². The van der Waals surface area contributed by atoms with E-state index in [1.807, 2.05) is 26.0 Å². The minimum atomic E-state index is -0.181. The SMILES string of the molecule is CC(C)C(=O)N(C)CC(=O)NCc1ccc(OC2CCCCC2)nc1. The van der Waals surface area contributed by atoms with Gasteiger partial charge in [-0.3, -0.25) is 9.59 Å². The molecule has 0 bridgehead atoms. The van der Waals surface area contributed by atoms with Crippen LogP contribution in [0.2, 0.25) is 0 Å². The molecule has 0 unspecified atom stereocenters. The number of hydrogen-bond donors (Lipinski definition) is 1. The standard InChI is InChI=1S/C19H29N3O3/c1-14(2)19(24)22(3)13-17(23)20-11-15-9-10-18(21-12-15)25-16-7-5-4-6-8-16/h9-10,12,14,16H,4-8,11,13H2,1-3H3,(H,20,23). The number of nitrogens with one attached hydrogen (secondary N) is 1. The lowest BCUT2D eigenvalue weighted by atomic mass is 9.98. The Bertz CT molecular complexity index is 566. The predicted octanol–water partition coefficient (Wildman–Crippen LogP) is 2.52. The molecule has 0 spiro atoms. The number of nitrogens with zero attached hydrogens (tertiary/aromatic N) is 2. The zero-order valence-electron chi connectivity index (χ0n) is 15.5. The Kier molecular flexibility index (Phi) is 7.22. The highest BCUT2D eigenvalue weighted by Gasteiger charge is 2.16. The Morgan fingerprint density at radius 3 is 2.60 bits per heavy atom. The summed E-state index contributed by atoms with van der Waals surface area (Å²) in [6, 6.07) is 3.76. The van der Waals surface area contributed by atoms with E-state index in [4.69, 9.17) is 4.74 Å². The van der Waals surface area contributed by atoms with Gasteiger partial charge < -0.3 is 15.0 Å². The van der Waals surface area contributed by atoms with Gasteiger partial charge in [-0.2, -0.15) is 0 Å². The van der Waals surface area contributed by atoms with Crippen LogP contribution in [0.15, 0.2) is 18.3 Å². The summed E-state index contributed by atoms with van der Waals surface area (Å²) >= 11 is 0. The van der Waals surface area contributed by atoms with Crippen LogP contribution in [0.1, 0.15) is 51.5 Å². The first-order valence-corrected chi connectivity index (χ1v) is 9.09. The molecule has 1 N–H and O–H groups in total. The maximum Gasteiger partial charge on any atom is 0.239 e. The Morgan fingerprint density at radius 1 is 1.28 bits per heavy atom. The van der Waals surface area contributed by atoms with Crippen molar-refractivity contribution < 1.29 is 14.3 Å². The summed E-state index contributed by atoms with van der Waals surface area (Å²) in [6.45, 7) is 4.09. The first-order valence-electron chi connectivity index (χ1n) is 9.09. The van der Waals surface area contributed by atoms with Crippen LogP contribution in [0, 0.1) is 5.92 Å². The van der Waals surface area contributed by atoms with E-state index in [1.54, 1.807) is 13.2 Å². The number of ether oxygens (including phenoxy) is 1. The predicted molar refractivity (Wildman–Crippen MR) is 96.1 cm³/mol. The molecule has 25 heavy (non-hydrogen) atoms.